The van der Waals surface area contributed by atoms with Gasteiger partial charge in [0.05, 0.1) is 24.5 Å². The number of pyridine rings is 1. The highest BCUT2D eigenvalue weighted by atomic mass is 19.1. The monoisotopic (exact) mass is 257 g/mol. The van der Waals surface area contributed by atoms with E-state index in [0.717, 1.165) is 12.3 Å². The molecule has 6 nitrogen and oxygen atoms in total. The van der Waals surface area contributed by atoms with Crippen molar-refractivity contribution in [3.8, 4) is 0 Å². The van der Waals surface area contributed by atoms with E-state index in [-0.39, 0.29) is 24.5 Å². The summed E-state index contributed by atoms with van der Waals surface area (Å²) >= 11 is 0. The average Bonchev–Trinajstić information content (AvgIpc) is 2.31. The molecule has 7 heteroatoms. The molecular formula is C11H16FN3O3. The summed E-state index contributed by atoms with van der Waals surface area (Å²) in [4.78, 5) is 16.7. The maximum absolute atomic E-state index is 13.0. The first-order valence-corrected chi connectivity index (χ1v) is 5.29. The fourth-order valence-corrected chi connectivity index (χ4v) is 1.47. The van der Waals surface area contributed by atoms with Gasteiger partial charge >= 0.3 is 0 Å². The SMILES string of the molecule is COCC(O)CN(C)C(=O)c1cc(F)cnc1N. The maximum atomic E-state index is 13.0. The van der Waals surface area contributed by atoms with Crippen molar-refractivity contribution >= 4 is 11.7 Å². The molecule has 1 aromatic rings. The Kier molecular flexibility index (Phi) is 4.99. The lowest BCUT2D eigenvalue weighted by molar-refractivity contribution is 0.0380. The molecule has 0 aromatic carbocycles. The minimum atomic E-state index is -0.813. The van der Waals surface area contributed by atoms with Crippen LogP contribution in [0.15, 0.2) is 12.3 Å². The number of nitrogens with two attached hydrogens (primary N) is 1. The number of amides is 1. The zero-order chi connectivity index (χ0) is 13.7. The maximum Gasteiger partial charge on any atom is 0.257 e. The van der Waals surface area contributed by atoms with E-state index in [2.05, 4.69) is 4.98 Å². The third kappa shape index (κ3) is 3.64. The third-order valence-electron chi connectivity index (χ3n) is 2.31. The van der Waals surface area contributed by atoms with Crippen LogP contribution in [0.2, 0.25) is 0 Å². The second kappa shape index (κ2) is 6.27. The zero-order valence-corrected chi connectivity index (χ0v) is 10.3. The zero-order valence-electron chi connectivity index (χ0n) is 10.3. The highest BCUT2D eigenvalue weighted by Crippen LogP contribution is 2.12. The molecule has 0 fully saturated rings. The van der Waals surface area contributed by atoms with Crippen LogP contribution in [-0.4, -0.2) is 54.3 Å². The van der Waals surface area contributed by atoms with Gasteiger partial charge in [0.25, 0.3) is 5.91 Å². The smallest absolute Gasteiger partial charge is 0.257 e. The Balaban J connectivity index is 2.77. The summed E-state index contributed by atoms with van der Waals surface area (Å²) in [5.41, 5.74) is 5.48. The van der Waals surface area contributed by atoms with Gasteiger partial charge in [-0.1, -0.05) is 0 Å². The number of nitrogens with zero attached hydrogens (tertiary/aromatic N) is 2. The number of aliphatic hydroxyl groups is 1. The Morgan fingerprint density at radius 2 is 2.39 bits per heavy atom. The lowest BCUT2D eigenvalue weighted by Gasteiger charge is -2.20. The summed E-state index contributed by atoms with van der Waals surface area (Å²) < 4.78 is 17.7. The van der Waals surface area contributed by atoms with Gasteiger partial charge in [-0.15, -0.1) is 0 Å². The number of rotatable bonds is 5. The van der Waals surface area contributed by atoms with Crippen LogP contribution in [0.4, 0.5) is 10.2 Å². The molecular weight excluding hydrogens is 241 g/mol. The van der Waals surface area contributed by atoms with Crippen LogP contribution >= 0.6 is 0 Å². The number of likely N-dealkylation sites (N-methyl/N-ethyl adjacent to an activating group) is 1. The number of aliphatic hydroxyl groups excluding tert-OH is 1. The Morgan fingerprint density at radius 1 is 1.72 bits per heavy atom. The van der Waals surface area contributed by atoms with Gasteiger partial charge in [-0.2, -0.15) is 0 Å². The van der Waals surface area contributed by atoms with Gasteiger partial charge in [0.2, 0.25) is 0 Å². The standard InChI is InChI=1S/C11H16FN3O3/c1-15(5-8(16)6-18-2)11(17)9-3-7(12)4-14-10(9)13/h3-4,8,16H,5-6H2,1-2H3,(H2,13,14). The molecule has 1 heterocycles. The largest absolute Gasteiger partial charge is 0.389 e. The second-order valence-electron chi connectivity index (χ2n) is 3.88. The molecule has 0 bridgehead atoms. The van der Waals surface area contributed by atoms with Gasteiger partial charge in [-0.3, -0.25) is 4.79 Å². The molecule has 1 rings (SSSR count). The van der Waals surface area contributed by atoms with Crippen LogP contribution in [0.25, 0.3) is 0 Å². The molecule has 3 N–H and O–H groups in total. The van der Waals surface area contributed by atoms with Gasteiger partial charge in [0.15, 0.2) is 0 Å². The number of carbonyl (C=O) groups is 1. The number of aromatic nitrogens is 1. The summed E-state index contributed by atoms with van der Waals surface area (Å²) in [6, 6.07) is 1.02. The molecule has 0 aliphatic carbocycles. The normalized spacial score (nSPS) is 12.2. The first-order chi connectivity index (χ1) is 8.45. The molecule has 1 aromatic heterocycles. The second-order valence-corrected chi connectivity index (χ2v) is 3.88. The van der Waals surface area contributed by atoms with Gasteiger partial charge in [0.1, 0.15) is 11.6 Å². The minimum absolute atomic E-state index is 0.0258. The number of hydrogen-bond donors (Lipinski definition) is 2. The van der Waals surface area contributed by atoms with E-state index >= 15 is 0 Å². The van der Waals surface area contributed by atoms with E-state index in [0.29, 0.717) is 0 Å². The molecule has 0 saturated carbocycles. The molecule has 0 aliphatic heterocycles. The van der Waals surface area contributed by atoms with Crippen molar-refractivity contribution in [2.45, 2.75) is 6.10 Å². The van der Waals surface area contributed by atoms with Crippen molar-refractivity contribution in [3.63, 3.8) is 0 Å². The van der Waals surface area contributed by atoms with Crippen LogP contribution in [0.3, 0.4) is 0 Å². The molecule has 1 atom stereocenters. The molecule has 1 unspecified atom stereocenters. The Morgan fingerprint density at radius 3 is 3.00 bits per heavy atom. The lowest BCUT2D eigenvalue weighted by Crippen LogP contribution is -2.36. The van der Waals surface area contributed by atoms with E-state index in [1.807, 2.05) is 0 Å². The summed E-state index contributed by atoms with van der Waals surface area (Å²) in [6.07, 6.45) is 0.123. The highest BCUT2D eigenvalue weighted by molar-refractivity contribution is 5.98. The van der Waals surface area contributed by atoms with Crippen LogP contribution in [0.5, 0.6) is 0 Å². The molecule has 0 radical (unpaired) electrons. The van der Waals surface area contributed by atoms with Crippen molar-refractivity contribution in [2.75, 3.05) is 33.0 Å². The number of ether oxygens (including phenoxy) is 1. The third-order valence-corrected chi connectivity index (χ3v) is 2.31. The number of methoxy groups -OCH3 is 1. The number of hydrogen-bond acceptors (Lipinski definition) is 5. The molecule has 0 saturated heterocycles. The van der Waals surface area contributed by atoms with Crippen LogP contribution < -0.4 is 5.73 Å². The van der Waals surface area contributed by atoms with Crippen molar-refractivity contribution < 1.29 is 19.0 Å². The quantitative estimate of drug-likeness (QED) is 0.768. The average molecular weight is 257 g/mol. The Bertz CT molecular complexity index is 428. The van der Waals surface area contributed by atoms with E-state index < -0.39 is 17.8 Å². The fourth-order valence-electron chi connectivity index (χ4n) is 1.47. The van der Waals surface area contributed by atoms with E-state index in [1.54, 1.807) is 0 Å². The topological polar surface area (TPSA) is 88.7 Å². The van der Waals surface area contributed by atoms with Crippen LogP contribution in [0, 0.1) is 5.82 Å². The predicted octanol–water partition coefficient (Wildman–Crippen LogP) is -0.118. The van der Waals surface area contributed by atoms with Crippen LogP contribution in [-0.2, 0) is 4.74 Å². The summed E-state index contributed by atoms with van der Waals surface area (Å²) in [5, 5.41) is 9.50. The first kappa shape index (κ1) is 14.3. The molecule has 1 amide bonds. The predicted molar refractivity (Wildman–Crippen MR) is 63.5 cm³/mol. The molecule has 100 valence electrons. The summed E-state index contributed by atoms with van der Waals surface area (Å²) in [6.45, 7) is 0.164. The van der Waals surface area contributed by atoms with Gasteiger partial charge in [0, 0.05) is 20.7 Å². The molecule has 0 spiro atoms. The fraction of sp³-hybridized carbons (Fsp3) is 0.455. The van der Waals surface area contributed by atoms with Crippen molar-refractivity contribution in [3.05, 3.63) is 23.6 Å². The number of nitrogen functional groups attached to an aromatic ring is 1. The summed E-state index contributed by atoms with van der Waals surface area (Å²) in [5.74, 6) is -1.19. The summed E-state index contributed by atoms with van der Waals surface area (Å²) in [7, 11) is 2.92. The van der Waals surface area contributed by atoms with Crippen molar-refractivity contribution in [2.24, 2.45) is 0 Å². The van der Waals surface area contributed by atoms with Crippen LogP contribution in [0.1, 0.15) is 10.4 Å². The Labute approximate surface area is 104 Å². The van der Waals surface area contributed by atoms with Crippen molar-refractivity contribution in [1.82, 2.24) is 9.88 Å². The van der Waals surface area contributed by atoms with E-state index in [1.165, 1.54) is 19.1 Å². The lowest BCUT2D eigenvalue weighted by atomic mass is 10.2. The van der Waals surface area contributed by atoms with E-state index in [4.69, 9.17) is 10.5 Å². The number of halogens is 1. The van der Waals surface area contributed by atoms with Gasteiger partial charge in [-0.05, 0) is 6.07 Å². The number of carbonyl (C=O) groups excluding carboxylic acids is 1. The van der Waals surface area contributed by atoms with Gasteiger partial charge in [-0.25, -0.2) is 9.37 Å². The number of anilines is 1. The highest BCUT2D eigenvalue weighted by Gasteiger charge is 2.18. The molecule has 0 aliphatic rings. The minimum Gasteiger partial charge on any atom is -0.389 e. The first-order valence-electron chi connectivity index (χ1n) is 5.29. The van der Waals surface area contributed by atoms with E-state index in [9.17, 15) is 14.3 Å². The molecule has 18 heavy (non-hydrogen) atoms. The van der Waals surface area contributed by atoms with Gasteiger partial charge < -0.3 is 20.5 Å². The van der Waals surface area contributed by atoms with Crippen molar-refractivity contribution in [1.29, 1.82) is 0 Å². The Hall–Kier alpha value is -1.73.